The molecule has 0 atom stereocenters. The zero-order chi connectivity index (χ0) is 14.4. The minimum Gasteiger partial charge on any atom is -0.496 e. The van der Waals surface area contributed by atoms with Crippen LogP contribution in [0.1, 0.15) is 5.56 Å². The second-order valence-corrected chi connectivity index (χ2v) is 4.70. The van der Waals surface area contributed by atoms with Crippen molar-refractivity contribution in [2.75, 3.05) is 33.4 Å². The molecule has 0 saturated carbocycles. The third-order valence-corrected chi connectivity index (χ3v) is 3.42. The molecule has 20 heavy (non-hydrogen) atoms. The molecule has 0 spiro atoms. The van der Waals surface area contributed by atoms with Gasteiger partial charge >= 0.3 is 0 Å². The number of hydrogen-bond acceptors (Lipinski definition) is 4. The lowest BCUT2D eigenvalue weighted by molar-refractivity contribution is 0.156. The maximum atomic E-state index is 9.09. The molecule has 0 heterocycles. The summed E-state index contributed by atoms with van der Waals surface area (Å²) in [6.07, 6.45) is 0. The van der Waals surface area contributed by atoms with Gasteiger partial charge in [0.2, 0.25) is 0 Å². The minimum absolute atomic E-state index is 0.0914. The van der Waals surface area contributed by atoms with Gasteiger partial charge in [0, 0.05) is 25.0 Å². The van der Waals surface area contributed by atoms with Gasteiger partial charge in [-0.15, -0.1) is 0 Å². The summed E-state index contributed by atoms with van der Waals surface area (Å²) in [4.78, 5) is 2.04. The van der Waals surface area contributed by atoms with Crippen LogP contribution in [-0.2, 0) is 6.54 Å². The zero-order valence-electron chi connectivity index (χ0n) is 11.7. The third-order valence-electron chi connectivity index (χ3n) is 3.42. The predicted octanol–water partition coefficient (Wildman–Crippen LogP) is 1.64. The van der Waals surface area contributed by atoms with Crippen LogP contribution in [0.2, 0.25) is 0 Å². The fourth-order valence-corrected chi connectivity index (χ4v) is 2.44. The van der Waals surface area contributed by atoms with Crippen LogP contribution >= 0.6 is 0 Å². The second kappa shape index (κ2) is 7.24. The molecule has 0 amide bonds. The number of nitrogens with zero attached hydrogens (tertiary/aromatic N) is 1. The summed E-state index contributed by atoms with van der Waals surface area (Å²) in [5.74, 6) is 0.861. The van der Waals surface area contributed by atoms with Gasteiger partial charge in [-0.25, -0.2) is 0 Å². The molecule has 4 heteroatoms. The molecule has 0 aliphatic rings. The van der Waals surface area contributed by atoms with Gasteiger partial charge in [0.25, 0.3) is 0 Å². The number of ether oxygens (including phenoxy) is 1. The van der Waals surface area contributed by atoms with Gasteiger partial charge in [-0.2, -0.15) is 0 Å². The fourth-order valence-electron chi connectivity index (χ4n) is 2.44. The number of methoxy groups -OCH3 is 1. The highest BCUT2D eigenvalue weighted by atomic mass is 16.5. The van der Waals surface area contributed by atoms with Crippen molar-refractivity contribution in [3.05, 3.63) is 42.0 Å². The summed E-state index contributed by atoms with van der Waals surface area (Å²) in [5.41, 5.74) is 1.17. The molecule has 0 aliphatic heterocycles. The summed E-state index contributed by atoms with van der Waals surface area (Å²) in [6.45, 7) is 2.00. The summed E-state index contributed by atoms with van der Waals surface area (Å²) in [6, 6.07) is 12.1. The minimum atomic E-state index is 0.0914. The molecule has 0 saturated heterocycles. The van der Waals surface area contributed by atoms with Crippen molar-refractivity contribution in [1.29, 1.82) is 0 Å². The van der Waals surface area contributed by atoms with Crippen LogP contribution in [0, 0.1) is 0 Å². The lowest BCUT2D eigenvalue weighted by Gasteiger charge is -2.21. The lowest BCUT2D eigenvalue weighted by Crippen LogP contribution is -2.29. The Kier molecular flexibility index (Phi) is 5.35. The Morgan fingerprint density at radius 3 is 2.20 bits per heavy atom. The van der Waals surface area contributed by atoms with Crippen molar-refractivity contribution in [1.82, 2.24) is 4.90 Å². The lowest BCUT2D eigenvalue weighted by atomic mass is 10.0. The number of rotatable bonds is 7. The Morgan fingerprint density at radius 1 is 0.950 bits per heavy atom. The summed E-state index contributed by atoms with van der Waals surface area (Å²) in [7, 11) is 1.67. The normalized spacial score (nSPS) is 11.2. The summed E-state index contributed by atoms with van der Waals surface area (Å²) >= 11 is 0. The molecular formula is C16H21NO3. The van der Waals surface area contributed by atoms with Crippen molar-refractivity contribution < 1.29 is 14.9 Å². The van der Waals surface area contributed by atoms with Gasteiger partial charge in [-0.05, 0) is 17.0 Å². The van der Waals surface area contributed by atoms with Crippen molar-refractivity contribution in [3.8, 4) is 5.75 Å². The Labute approximate surface area is 119 Å². The van der Waals surface area contributed by atoms with Crippen LogP contribution in [0.25, 0.3) is 10.8 Å². The van der Waals surface area contributed by atoms with Crippen molar-refractivity contribution in [2.45, 2.75) is 6.54 Å². The van der Waals surface area contributed by atoms with Crippen LogP contribution in [0.5, 0.6) is 5.75 Å². The first-order valence-electron chi connectivity index (χ1n) is 6.79. The third kappa shape index (κ3) is 3.28. The van der Waals surface area contributed by atoms with Crippen LogP contribution in [0.15, 0.2) is 36.4 Å². The first kappa shape index (κ1) is 14.8. The molecule has 4 nitrogen and oxygen atoms in total. The maximum absolute atomic E-state index is 9.09. The van der Waals surface area contributed by atoms with E-state index in [1.54, 1.807) is 7.11 Å². The first-order chi connectivity index (χ1) is 9.80. The predicted molar refractivity (Wildman–Crippen MR) is 79.9 cm³/mol. The Morgan fingerprint density at radius 2 is 1.60 bits per heavy atom. The fraction of sp³-hybridized carbons (Fsp3) is 0.375. The molecule has 0 bridgehead atoms. The van der Waals surface area contributed by atoms with E-state index in [0.717, 1.165) is 16.5 Å². The standard InChI is InChI=1S/C16H21NO3/c1-20-16-7-6-13(12-17(8-10-18)9-11-19)14-4-2-3-5-15(14)16/h2-7,18-19H,8-12H2,1H3. The van der Waals surface area contributed by atoms with Crippen molar-refractivity contribution in [3.63, 3.8) is 0 Å². The van der Waals surface area contributed by atoms with Gasteiger partial charge in [0.05, 0.1) is 20.3 Å². The Bertz CT molecular complexity index is 550. The van der Waals surface area contributed by atoms with Gasteiger partial charge < -0.3 is 14.9 Å². The molecule has 0 fully saturated rings. The van der Waals surface area contributed by atoms with E-state index in [9.17, 15) is 0 Å². The van der Waals surface area contributed by atoms with E-state index < -0.39 is 0 Å². The van der Waals surface area contributed by atoms with Gasteiger partial charge in [0.15, 0.2) is 0 Å². The van der Waals surface area contributed by atoms with E-state index in [2.05, 4.69) is 6.07 Å². The smallest absolute Gasteiger partial charge is 0.126 e. The van der Waals surface area contributed by atoms with Gasteiger partial charge in [0.1, 0.15) is 5.75 Å². The average molecular weight is 275 g/mol. The van der Waals surface area contributed by atoms with Crippen molar-refractivity contribution in [2.24, 2.45) is 0 Å². The topological polar surface area (TPSA) is 52.9 Å². The SMILES string of the molecule is COc1ccc(CN(CCO)CCO)c2ccccc12. The molecule has 0 aromatic heterocycles. The van der Waals surface area contributed by atoms with Gasteiger partial charge in [-0.3, -0.25) is 4.90 Å². The first-order valence-corrected chi connectivity index (χ1v) is 6.79. The quantitative estimate of drug-likeness (QED) is 0.806. The molecule has 2 rings (SSSR count). The highest BCUT2D eigenvalue weighted by molar-refractivity contribution is 5.91. The highest BCUT2D eigenvalue weighted by Gasteiger charge is 2.10. The molecule has 108 valence electrons. The van der Waals surface area contributed by atoms with Crippen LogP contribution in [-0.4, -0.2) is 48.5 Å². The number of fused-ring (bicyclic) bond motifs is 1. The maximum Gasteiger partial charge on any atom is 0.126 e. The van der Waals surface area contributed by atoms with Crippen molar-refractivity contribution >= 4 is 10.8 Å². The molecule has 2 N–H and O–H groups in total. The summed E-state index contributed by atoms with van der Waals surface area (Å²) < 4.78 is 5.39. The Balaban J connectivity index is 2.34. The van der Waals surface area contributed by atoms with E-state index in [0.29, 0.717) is 19.6 Å². The largest absolute Gasteiger partial charge is 0.496 e. The zero-order valence-corrected chi connectivity index (χ0v) is 11.7. The summed E-state index contributed by atoms with van der Waals surface area (Å²) in [5, 5.41) is 20.4. The number of aliphatic hydroxyl groups excluding tert-OH is 2. The van der Waals surface area contributed by atoms with Gasteiger partial charge in [-0.1, -0.05) is 30.3 Å². The van der Waals surface area contributed by atoms with E-state index in [1.165, 1.54) is 5.56 Å². The van der Waals surface area contributed by atoms with Crippen LogP contribution < -0.4 is 4.74 Å². The molecule has 2 aromatic carbocycles. The molecule has 0 aliphatic carbocycles. The van der Waals surface area contributed by atoms with E-state index >= 15 is 0 Å². The number of aliphatic hydroxyl groups is 2. The number of hydrogen-bond donors (Lipinski definition) is 2. The molecule has 0 unspecified atom stereocenters. The second-order valence-electron chi connectivity index (χ2n) is 4.70. The molecule has 0 radical (unpaired) electrons. The van der Waals surface area contributed by atoms with Crippen LogP contribution in [0.3, 0.4) is 0 Å². The van der Waals surface area contributed by atoms with Crippen LogP contribution in [0.4, 0.5) is 0 Å². The van der Waals surface area contributed by atoms with E-state index in [-0.39, 0.29) is 13.2 Å². The molecular weight excluding hydrogens is 254 g/mol. The van der Waals surface area contributed by atoms with E-state index in [1.807, 2.05) is 35.2 Å². The Hall–Kier alpha value is -1.62. The molecule has 2 aromatic rings. The number of benzene rings is 2. The monoisotopic (exact) mass is 275 g/mol. The van der Waals surface area contributed by atoms with E-state index in [4.69, 9.17) is 14.9 Å². The average Bonchev–Trinajstić information content (AvgIpc) is 2.48. The highest BCUT2D eigenvalue weighted by Crippen LogP contribution is 2.28.